The summed E-state index contributed by atoms with van der Waals surface area (Å²) in [6, 6.07) is -0.0554. The van der Waals surface area contributed by atoms with Crippen LogP contribution in [-0.2, 0) is 28.5 Å². The fraction of sp³-hybridized carbons (Fsp3) is 0.704. The van der Waals surface area contributed by atoms with Crippen LogP contribution >= 0.6 is 0 Å². The number of nitrogens with one attached hydrogen (secondary N) is 1. The van der Waals surface area contributed by atoms with Gasteiger partial charge in [0.1, 0.15) is 6.10 Å². The number of rotatable bonds is 8. The maximum absolute atomic E-state index is 12.3. The van der Waals surface area contributed by atoms with Gasteiger partial charge in [0.15, 0.2) is 0 Å². The molecule has 0 bridgehead atoms. The number of epoxide rings is 1. The van der Waals surface area contributed by atoms with Gasteiger partial charge in [0, 0.05) is 25.8 Å². The molecule has 0 aliphatic carbocycles. The average Bonchev–Trinajstić information content (AvgIpc) is 3.38. The molecular weight excluding hydrogens is 434 g/mol. The third kappa shape index (κ3) is 7.52. The van der Waals surface area contributed by atoms with Gasteiger partial charge in [-0.2, -0.15) is 0 Å². The van der Waals surface area contributed by atoms with Crippen LogP contribution in [0.5, 0.6) is 0 Å². The molecule has 0 aromatic rings. The fourth-order valence-electron chi connectivity index (χ4n) is 4.90. The molecule has 3 heterocycles. The van der Waals surface area contributed by atoms with Crippen molar-refractivity contribution in [2.24, 2.45) is 5.92 Å². The van der Waals surface area contributed by atoms with Crippen LogP contribution in [0.25, 0.3) is 0 Å². The maximum Gasteiger partial charge on any atom is 0.303 e. The lowest BCUT2D eigenvalue weighted by Crippen LogP contribution is -2.50. The van der Waals surface area contributed by atoms with Gasteiger partial charge < -0.3 is 24.3 Å². The summed E-state index contributed by atoms with van der Waals surface area (Å²) in [4.78, 5) is 23.3. The van der Waals surface area contributed by atoms with Crippen molar-refractivity contribution in [3.63, 3.8) is 0 Å². The number of allylic oxidation sites excluding steroid dienone is 2. The molecule has 3 saturated heterocycles. The molecular formula is C27H41NO6. The first-order valence-electron chi connectivity index (χ1n) is 12.5. The Morgan fingerprint density at radius 3 is 2.62 bits per heavy atom. The van der Waals surface area contributed by atoms with Gasteiger partial charge in [-0.25, -0.2) is 0 Å². The number of esters is 1. The summed E-state index contributed by atoms with van der Waals surface area (Å²) in [7, 11) is 0. The zero-order chi connectivity index (χ0) is 24.9. The number of carbonyl (C=O) groups is 2. The Morgan fingerprint density at radius 2 is 1.94 bits per heavy atom. The quantitative estimate of drug-likeness (QED) is 0.247. The van der Waals surface area contributed by atoms with E-state index in [0.717, 1.165) is 32.3 Å². The van der Waals surface area contributed by atoms with Crippen molar-refractivity contribution in [1.29, 1.82) is 0 Å². The third-order valence-corrected chi connectivity index (χ3v) is 7.16. The Labute approximate surface area is 203 Å². The monoisotopic (exact) mass is 475 g/mol. The van der Waals surface area contributed by atoms with E-state index in [2.05, 4.69) is 44.3 Å². The second-order valence-electron chi connectivity index (χ2n) is 10.1. The first-order valence-corrected chi connectivity index (χ1v) is 12.5. The lowest BCUT2D eigenvalue weighted by molar-refractivity contribution is -0.143. The smallest absolute Gasteiger partial charge is 0.303 e. The van der Waals surface area contributed by atoms with E-state index in [1.807, 2.05) is 6.92 Å². The number of amides is 1. The Hall–Kier alpha value is -1.96. The van der Waals surface area contributed by atoms with Gasteiger partial charge >= 0.3 is 5.97 Å². The molecule has 8 atom stereocenters. The van der Waals surface area contributed by atoms with Crippen LogP contribution in [-0.4, -0.2) is 60.6 Å². The highest BCUT2D eigenvalue weighted by Crippen LogP contribution is 2.46. The van der Waals surface area contributed by atoms with Crippen molar-refractivity contribution < 1.29 is 28.5 Å². The van der Waals surface area contributed by atoms with Crippen LogP contribution in [0, 0.1) is 5.92 Å². The molecule has 1 spiro atoms. The molecule has 0 radical (unpaired) electrons. The van der Waals surface area contributed by atoms with Crippen molar-refractivity contribution in [3.05, 3.63) is 36.0 Å². The summed E-state index contributed by atoms with van der Waals surface area (Å²) in [6.07, 6.45) is 13.2. The second-order valence-corrected chi connectivity index (χ2v) is 10.1. The normalized spacial score (nSPS) is 37.2. The van der Waals surface area contributed by atoms with Gasteiger partial charge in [0.2, 0.25) is 5.91 Å². The summed E-state index contributed by atoms with van der Waals surface area (Å²) < 4.78 is 23.0. The Balaban J connectivity index is 1.43. The van der Waals surface area contributed by atoms with Crippen LogP contribution < -0.4 is 5.32 Å². The highest BCUT2D eigenvalue weighted by molar-refractivity contribution is 5.87. The Morgan fingerprint density at radius 1 is 1.21 bits per heavy atom. The number of ether oxygens (including phenoxy) is 4. The first-order chi connectivity index (χ1) is 16.1. The first kappa shape index (κ1) is 26.6. The number of carbonyl (C=O) groups excluding carboxylic acids is 2. The van der Waals surface area contributed by atoms with Crippen LogP contribution in [0.15, 0.2) is 36.0 Å². The molecule has 34 heavy (non-hydrogen) atoms. The van der Waals surface area contributed by atoms with Crippen LogP contribution in [0.4, 0.5) is 0 Å². The van der Waals surface area contributed by atoms with Crippen LogP contribution in [0.1, 0.15) is 67.2 Å². The standard InChI is InChI=1S/C27H41NO6/c1-17(7-10-23-16-27(13-14-31-23)21(5)34-27)8-11-25-18(2)15-24(20(4)33-25)28-26(30)12-9-19(3)32-22(6)29/h7-10,12,18-21,23-25H,11,13-16H2,1-6H3,(H,28,30)/b10-7+,12-9-,17-8+/t18-,19-,20+,21?,23+,24+,25-,27-/m0/s1. The second kappa shape index (κ2) is 11.6. The lowest BCUT2D eigenvalue weighted by atomic mass is 9.88. The van der Waals surface area contributed by atoms with E-state index in [1.54, 1.807) is 13.0 Å². The molecule has 1 N–H and O–H groups in total. The molecule has 1 amide bonds. The molecule has 3 fully saturated rings. The van der Waals surface area contributed by atoms with E-state index in [4.69, 9.17) is 18.9 Å². The van der Waals surface area contributed by atoms with Crippen LogP contribution in [0.2, 0.25) is 0 Å². The molecule has 7 heteroatoms. The maximum atomic E-state index is 12.3. The lowest BCUT2D eigenvalue weighted by Gasteiger charge is -2.39. The molecule has 3 aliphatic heterocycles. The van der Waals surface area contributed by atoms with E-state index >= 15 is 0 Å². The molecule has 7 nitrogen and oxygen atoms in total. The van der Waals surface area contributed by atoms with E-state index < -0.39 is 6.10 Å². The summed E-state index contributed by atoms with van der Waals surface area (Å²) >= 11 is 0. The van der Waals surface area contributed by atoms with Crippen LogP contribution in [0.3, 0.4) is 0 Å². The Bertz CT molecular complexity index is 820. The molecule has 3 aliphatic rings. The predicted octanol–water partition coefficient (Wildman–Crippen LogP) is 4.02. The zero-order valence-electron chi connectivity index (χ0n) is 21.4. The van der Waals surface area contributed by atoms with E-state index in [0.29, 0.717) is 12.0 Å². The summed E-state index contributed by atoms with van der Waals surface area (Å²) in [5.74, 6) is -0.262. The SMILES string of the molecule is CC(=O)O[C@@H](C)/C=C\C(=O)N[C@@H]1C[C@H](C)[C@H](C/C=C(C)/C=C/[C@@H]2C[C@]3(CCO2)OC3C)O[C@@H]1C. The minimum atomic E-state index is -0.438. The largest absolute Gasteiger partial charge is 0.459 e. The van der Waals surface area contributed by atoms with E-state index in [-0.39, 0.29) is 41.8 Å². The fourth-order valence-corrected chi connectivity index (χ4v) is 4.90. The summed E-state index contributed by atoms with van der Waals surface area (Å²) in [5, 5.41) is 3.02. The van der Waals surface area contributed by atoms with Crippen molar-refractivity contribution in [2.45, 2.75) is 109 Å². The minimum absolute atomic E-state index is 0.0503. The molecule has 1 unspecified atom stereocenters. The van der Waals surface area contributed by atoms with Gasteiger partial charge in [0.05, 0.1) is 42.7 Å². The van der Waals surface area contributed by atoms with Gasteiger partial charge in [0.25, 0.3) is 0 Å². The van der Waals surface area contributed by atoms with Crippen molar-refractivity contribution in [3.8, 4) is 0 Å². The highest BCUT2D eigenvalue weighted by atomic mass is 16.6. The predicted molar refractivity (Wildman–Crippen MR) is 130 cm³/mol. The van der Waals surface area contributed by atoms with Gasteiger partial charge in [-0.05, 0) is 52.5 Å². The molecule has 0 saturated carbocycles. The summed E-state index contributed by atoms with van der Waals surface area (Å²) in [6.45, 7) is 12.2. The zero-order valence-corrected chi connectivity index (χ0v) is 21.4. The molecule has 3 rings (SSSR count). The van der Waals surface area contributed by atoms with Crippen molar-refractivity contribution >= 4 is 11.9 Å². The van der Waals surface area contributed by atoms with Crippen molar-refractivity contribution in [1.82, 2.24) is 5.32 Å². The van der Waals surface area contributed by atoms with E-state index in [1.165, 1.54) is 18.6 Å². The highest BCUT2D eigenvalue weighted by Gasteiger charge is 2.55. The van der Waals surface area contributed by atoms with Gasteiger partial charge in [-0.15, -0.1) is 0 Å². The molecule has 0 aromatic heterocycles. The third-order valence-electron chi connectivity index (χ3n) is 7.16. The molecule has 0 aromatic carbocycles. The number of hydrogen-bond acceptors (Lipinski definition) is 6. The van der Waals surface area contributed by atoms with E-state index in [9.17, 15) is 9.59 Å². The van der Waals surface area contributed by atoms with Crippen molar-refractivity contribution in [2.75, 3.05) is 6.61 Å². The number of hydrogen-bond donors (Lipinski definition) is 1. The summed E-state index contributed by atoms with van der Waals surface area (Å²) in [5.41, 5.74) is 1.24. The van der Waals surface area contributed by atoms with Gasteiger partial charge in [-0.1, -0.05) is 30.7 Å². The molecule has 190 valence electrons. The minimum Gasteiger partial charge on any atom is -0.459 e. The topological polar surface area (TPSA) is 86.4 Å². The van der Waals surface area contributed by atoms with Gasteiger partial charge in [-0.3, -0.25) is 9.59 Å². The Kier molecular flexibility index (Phi) is 9.13. The average molecular weight is 476 g/mol.